The van der Waals surface area contributed by atoms with Crippen molar-refractivity contribution in [2.75, 3.05) is 19.6 Å². The Kier molecular flexibility index (Phi) is 16.9. The van der Waals surface area contributed by atoms with E-state index in [1.807, 2.05) is 0 Å². The molecule has 250 valence electrons. The molecule has 0 radical (unpaired) electrons. The number of likely N-dealkylation sites (tertiary alicyclic amines) is 1. The zero-order valence-electron chi connectivity index (χ0n) is 28.4. The van der Waals surface area contributed by atoms with E-state index in [-0.39, 0.29) is 18.9 Å². The molecule has 43 heavy (non-hydrogen) atoms. The Bertz CT molecular complexity index is 852. The van der Waals surface area contributed by atoms with Crippen molar-refractivity contribution in [2.45, 2.75) is 168 Å². The topological polar surface area (TPSA) is 142 Å². The van der Waals surface area contributed by atoms with Gasteiger partial charge in [-0.25, -0.2) is 4.79 Å². The van der Waals surface area contributed by atoms with Gasteiger partial charge in [-0.2, -0.15) is 9.59 Å². The highest BCUT2D eigenvalue weighted by molar-refractivity contribution is 5.95. The fourth-order valence-corrected chi connectivity index (χ4v) is 5.49. The second kappa shape index (κ2) is 18.7. The van der Waals surface area contributed by atoms with E-state index in [1.54, 1.807) is 46.4 Å². The number of nitrogens with zero attached hydrogens (tertiary/aromatic N) is 2. The predicted octanol–water partition coefficient (Wildman–Crippen LogP) is 6.57. The number of hydrogen-bond donors (Lipinski definition) is 2. The number of carbonyl (C=O) groups is 4. The molecule has 4 amide bonds. The van der Waals surface area contributed by atoms with Crippen LogP contribution in [0.5, 0.6) is 0 Å². The molecule has 10 heteroatoms. The van der Waals surface area contributed by atoms with Crippen LogP contribution in [0.4, 0.5) is 9.59 Å². The molecule has 1 aliphatic rings. The standard InChI is InChI=1S/C33H63N4O6/c1-8-9-10-11-12-13-14-15-16-22-28(38)36-24-19-20-26(36)25-37(30(40)42-32(2,3)4,31(41)43-33(5,6)7)29(39)27(35)21-17-18-23-34/h26-27H,8-25,34-35H2,1-7H3/q+1. The third-order valence-corrected chi connectivity index (χ3v) is 7.75. The second-order valence-electron chi connectivity index (χ2n) is 14.1. The minimum absolute atomic E-state index is 0.0170. The number of nitrogens with two attached hydrogens (primary N) is 2. The van der Waals surface area contributed by atoms with Crippen molar-refractivity contribution in [2.24, 2.45) is 11.5 Å². The number of quaternary nitrogens is 1. The summed E-state index contributed by atoms with van der Waals surface area (Å²) < 4.78 is 10.1. The molecule has 1 aliphatic heterocycles. The fourth-order valence-electron chi connectivity index (χ4n) is 5.49. The van der Waals surface area contributed by atoms with Crippen LogP contribution in [0.25, 0.3) is 0 Å². The lowest BCUT2D eigenvalue weighted by Gasteiger charge is -2.37. The molecule has 4 N–H and O–H groups in total. The minimum Gasteiger partial charge on any atom is -0.414 e. The molecule has 0 aromatic rings. The quantitative estimate of drug-likeness (QED) is 0.139. The van der Waals surface area contributed by atoms with Crippen molar-refractivity contribution < 1.29 is 33.1 Å². The van der Waals surface area contributed by atoms with Crippen molar-refractivity contribution in [3.05, 3.63) is 0 Å². The maximum absolute atomic E-state index is 14.1. The van der Waals surface area contributed by atoms with Crippen molar-refractivity contribution >= 4 is 24.0 Å². The summed E-state index contributed by atoms with van der Waals surface area (Å²) in [4.78, 5) is 57.2. The highest BCUT2D eigenvalue weighted by Gasteiger charge is 2.61. The maximum atomic E-state index is 14.1. The molecule has 2 unspecified atom stereocenters. The lowest BCUT2D eigenvalue weighted by molar-refractivity contribution is -0.715. The molecule has 1 heterocycles. The van der Waals surface area contributed by atoms with Gasteiger partial charge in [-0.05, 0) is 86.6 Å². The summed E-state index contributed by atoms with van der Waals surface area (Å²) in [6.45, 7) is 13.0. The van der Waals surface area contributed by atoms with Crippen molar-refractivity contribution in [3.63, 3.8) is 0 Å². The molecule has 1 fully saturated rings. The van der Waals surface area contributed by atoms with Gasteiger partial charge >= 0.3 is 18.1 Å². The molecular weight excluding hydrogens is 548 g/mol. The van der Waals surface area contributed by atoms with Gasteiger partial charge in [-0.15, -0.1) is 0 Å². The Morgan fingerprint density at radius 1 is 0.814 bits per heavy atom. The van der Waals surface area contributed by atoms with Gasteiger partial charge in [0.25, 0.3) is 0 Å². The average Bonchev–Trinajstić information content (AvgIpc) is 3.36. The maximum Gasteiger partial charge on any atom is 0.535 e. The number of amides is 4. The minimum atomic E-state index is -1.34. The van der Waals surface area contributed by atoms with Crippen LogP contribution >= 0.6 is 0 Å². The highest BCUT2D eigenvalue weighted by Crippen LogP contribution is 2.29. The third kappa shape index (κ3) is 13.6. The average molecular weight is 612 g/mol. The van der Waals surface area contributed by atoms with Crippen LogP contribution in [0.2, 0.25) is 0 Å². The summed E-state index contributed by atoms with van der Waals surface area (Å²) in [6, 6.07) is -1.62. The molecule has 0 saturated carbocycles. The van der Waals surface area contributed by atoms with Crippen LogP contribution in [0.3, 0.4) is 0 Å². The first-order chi connectivity index (χ1) is 20.1. The van der Waals surface area contributed by atoms with Crippen LogP contribution in [0.15, 0.2) is 0 Å². The van der Waals surface area contributed by atoms with E-state index in [2.05, 4.69) is 6.92 Å². The fraction of sp³-hybridized carbons (Fsp3) is 0.879. The number of imide groups is 3. The number of hydrogen-bond acceptors (Lipinski definition) is 8. The predicted molar refractivity (Wildman–Crippen MR) is 170 cm³/mol. The summed E-state index contributed by atoms with van der Waals surface area (Å²) in [6.07, 6.45) is 11.5. The van der Waals surface area contributed by atoms with Crippen LogP contribution in [-0.2, 0) is 19.1 Å². The van der Waals surface area contributed by atoms with E-state index >= 15 is 0 Å². The molecule has 10 nitrogen and oxygen atoms in total. The van der Waals surface area contributed by atoms with Gasteiger partial charge in [-0.1, -0.05) is 62.8 Å². The molecule has 1 saturated heterocycles. The summed E-state index contributed by atoms with van der Waals surface area (Å²) in [5.74, 6) is -0.796. The monoisotopic (exact) mass is 611 g/mol. The van der Waals surface area contributed by atoms with Gasteiger partial charge in [0.1, 0.15) is 23.8 Å². The number of rotatable bonds is 17. The summed E-state index contributed by atoms with van der Waals surface area (Å²) in [5.41, 5.74) is 10.0. The Labute approximate surface area is 261 Å². The molecule has 0 aromatic heterocycles. The number of carbonyl (C=O) groups excluding carboxylic acids is 4. The van der Waals surface area contributed by atoms with Gasteiger partial charge in [0.2, 0.25) is 5.91 Å². The molecular formula is C33H63N4O6+. The van der Waals surface area contributed by atoms with Gasteiger partial charge in [0.05, 0.1) is 6.04 Å². The zero-order valence-corrected chi connectivity index (χ0v) is 28.4. The number of ether oxygens (including phenoxy) is 2. The molecule has 0 aromatic carbocycles. The smallest absolute Gasteiger partial charge is 0.414 e. The van der Waals surface area contributed by atoms with Crippen LogP contribution in [-0.4, -0.2) is 76.3 Å². The van der Waals surface area contributed by atoms with Gasteiger partial charge < -0.3 is 25.8 Å². The highest BCUT2D eigenvalue weighted by atomic mass is 16.6. The lowest BCUT2D eigenvalue weighted by atomic mass is 10.1. The first-order valence-corrected chi connectivity index (χ1v) is 16.7. The lowest BCUT2D eigenvalue weighted by Crippen LogP contribution is -2.69. The van der Waals surface area contributed by atoms with Crippen LogP contribution in [0, 0.1) is 0 Å². The van der Waals surface area contributed by atoms with Crippen molar-refractivity contribution in [1.29, 1.82) is 0 Å². The zero-order chi connectivity index (χ0) is 32.7. The SMILES string of the molecule is CCCCCCCCCCCC(=O)N1CCCC1C[N+](C(=O)OC(C)(C)C)(C(=O)OC(C)(C)C)C(=O)C(N)CCCCN. The van der Waals surface area contributed by atoms with Crippen molar-refractivity contribution in [3.8, 4) is 0 Å². The van der Waals surface area contributed by atoms with E-state index in [0.717, 1.165) is 19.3 Å². The number of unbranched alkanes of at least 4 members (excludes halogenated alkanes) is 9. The Balaban J connectivity index is 3.19. The largest absolute Gasteiger partial charge is 0.535 e. The van der Waals surface area contributed by atoms with Gasteiger partial charge in [0.15, 0.2) is 0 Å². The molecule has 0 spiro atoms. The Morgan fingerprint density at radius 3 is 1.81 bits per heavy atom. The molecule has 2 atom stereocenters. The first kappa shape index (κ1) is 39.0. The van der Waals surface area contributed by atoms with E-state index in [1.165, 1.54) is 38.5 Å². The van der Waals surface area contributed by atoms with E-state index < -0.39 is 45.9 Å². The Hall–Kier alpha value is -2.04. The van der Waals surface area contributed by atoms with E-state index in [9.17, 15) is 19.2 Å². The summed E-state index contributed by atoms with van der Waals surface area (Å²) in [7, 11) is 0. The van der Waals surface area contributed by atoms with Crippen LogP contribution < -0.4 is 11.5 Å². The summed E-state index contributed by atoms with van der Waals surface area (Å²) >= 11 is 0. The van der Waals surface area contributed by atoms with E-state index in [0.29, 0.717) is 45.2 Å². The second-order valence-corrected chi connectivity index (χ2v) is 14.1. The molecule has 0 aliphatic carbocycles. The van der Waals surface area contributed by atoms with Gasteiger partial charge in [-0.3, -0.25) is 4.79 Å². The normalized spacial score (nSPS) is 16.7. The Morgan fingerprint density at radius 2 is 1.33 bits per heavy atom. The van der Waals surface area contributed by atoms with E-state index in [4.69, 9.17) is 20.9 Å². The molecule has 0 bridgehead atoms. The van der Waals surface area contributed by atoms with Crippen molar-refractivity contribution in [1.82, 2.24) is 4.90 Å². The van der Waals surface area contributed by atoms with Gasteiger partial charge in [0, 0.05) is 13.0 Å². The van der Waals surface area contributed by atoms with Crippen LogP contribution in [0.1, 0.15) is 145 Å². The molecule has 1 rings (SSSR count). The first-order valence-electron chi connectivity index (χ1n) is 16.7. The summed E-state index contributed by atoms with van der Waals surface area (Å²) in [5, 5.41) is 0. The third-order valence-electron chi connectivity index (χ3n) is 7.75.